The molecule has 1 amide bonds. The van der Waals surface area contributed by atoms with Crippen LogP contribution >= 0.6 is 0 Å². The maximum absolute atomic E-state index is 12.3. The fourth-order valence-corrected chi connectivity index (χ4v) is 3.43. The molecule has 1 aromatic carbocycles. The van der Waals surface area contributed by atoms with Crippen molar-refractivity contribution in [3.63, 3.8) is 0 Å². The fourth-order valence-electron chi connectivity index (χ4n) is 3.43. The van der Waals surface area contributed by atoms with E-state index in [4.69, 9.17) is 15.9 Å². The summed E-state index contributed by atoms with van der Waals surface area (Å²) in [5, 5.41) is 23.2. The lowest BCUT2D eigenvalue weighted by molar-refractivity contribution is -0.140. The Kier molecular flexibility index (Phi) is 11.8. The monoisotopic (exact) mass is 542 g/mol. The van der Waals surface area contributed by atoms with Crippen molar-refractivity contribution in [1.82, 2.24) is 30.2 Å². The molecule has 0 saturated heterocycles. The Bertz CT molecular complexity index is 1320. The van der Waals surface area contributed by atoms with Crippen molar-refractivity contribution in [2.24, 2.45) is 0 Å². The molecule has 0 aliphatic rings. The summed E-state index contributed by atoms with van der Waals surface area (Å²) in [5.74, 6) is -3.16. The molecule has 0 aliphatic heterocycles. The van der Waals surface area contributed by atoms with Crippen molar-refractivity contribution in [2.45, 2.75) is 46.2 Å². The number of carboxylic acid groups (broad SMARTS) is 2. The van der Waals surface area contributed by atoms with Gasteiger partial charge in [0.05, 0.1) is 18.4 Å². The van der Waals surface area contributed by atoms with Crippen LogP contribution in [0.2, 0.25) is 0 Å². The van der Waals surface area contributed by atoms with Crippen molar-refractivity contribution in [1.29, 1.82) is 0 Å². The van der Waals surface area contributed by atoms with E-state index in [-0.39, 0.29) is 42.1 Å². The van der Waals surface area contributed by atoms with E-state index >= 15 is 0 Å². The number of amides is 1. The summed E-state index contributed by atoms with van der Waals surface area (Å²) in [6, 6.07) is 4.86. The van der Waals surface area contributed by atoms with E-state index in [1.807, 2.05) is 0 Å². The smallest absolute Gasteiger partial charge is 0.326 e. The molecular weight excluding hydrogens is 508 g/mol. The van der Waals surface area contributed by atoms with Crippen molar-refractivity contribution in [3.05, 3.63) is 52.1 Å². The van der Waals surface area contributed by atoms with Gasteiger partial charge in [-0.25, -0.2) is 14.8 Å². The Hall–Kier alpha value is -4.59. The summed E-state index contributed by atoms with van der Waals surface area (Å²) in [7, 11) is 0. The van der Waals surface area contributed by atoms with Gasteiger partial charge in [0.2, 0.25) is 5.95 Å². The second-order valence-corrected chi connectivity index (χ2v) is 8.33. The standard InChI is InChI=1S/C19H19N7O6.C6H15N/c20-19-25-15-14(17(30)26-19)23-11(8-22-15)7-21-10-3-1-9(2-4-10)16(29)24-12(18(31)32)5-6-13(27)28;1-4-7(5-2)6-3/h1-4,8,12,21H,5-7H2,(H,24,29)(H,27,28)(H,31,32)(H3,20,22,25,26,30);4-6H2,1-3H3. The second kappa shape index (κ2) is 15.0. The molecule has 1 atom stereocenters. The lowest BCUT2D eigenvalue weighted by atomic mass is 10.1. The van der Waals surface area contributed by atoms with Gasteiger partial charge in [-0.3, -0.25) is 19.4 Å². The topological polar surface area (TPSA) is 217 Å². The number of carbonyl (C=O) groups is 3. The largest absolute Gasteiger partial charge is 0.481 e. The van der Waals surface area contributed by atoms with E-state index < -0.39 is 29.4 Å². The minimum Gasteiger partial charge on any atom is -0.481 e. The molecule has 39 heavy (non-hydrogen) atoms. The van der Waals surface area contributed by atoms with Gasteiger partial charge in [-0.1, -0.05) is 20.8 Å². The Labute approximate surface area is 224 Å². The number of nitrogens with two attached hydrogens (primary N) is 1. The molecule has 2 heterocycles. The van der Waals surface area contributed by atoms with Crippen molar-refractivity contribution < 1.29 is 24.6 Å². The van der Waals surface area contributed by atoms with Crippen molar-refractivity contribution in [3.8, 4) is 0 Å². The molecule has 210 valence electrons. The third kappa shape index (κ3) is 9.66. The van der Waals surface area contributed by atoms with E-state index in [9.17, 15) is 19.2 Å². The summed E-state index contributed by atoms with van der Waals surface area (Å²) in [5.41, 5.74) is 6.47. The van der Waals surface area contributed by atoms with Gasteiger partial charge in [-0.2, -0.15) is 4.98 Å². The molecule has 14 nitrogen and oxygen atoms in total. The third-order valence-corrected chi connectivity index (χ3v) is 5.70. The van der Waals surface area contributed by atoms with Crippen LogP contribution < -0.4 is 21.9 Å². The number of nitrogen functional groups attached to an aromatic ring is 1. The van der Waals surface area contributed by atoms with E-state index in [2.05, 4.69) is 56.2 Å². The third-order valence-electron chi connectivity index (χ3n) is 5.70. The number of H-pyrrole nitrogens is 1. The van der Waals surface area contributed by atoms with E-state index in [0.29, 0.717) is 11.4 Å². The Morgan fingerprint density at radius 3 is 2.23 bits per heavy atom. The number of aromatic nitrogens is 4. The highest BCUT2D eigenvalue weighted by Crippen LogP contribution is 2.12. The van der Waals surface area contributed by atoms with Gasteiger partial charge in [-0.05, 0) is 50.3 Å². The first kappa shape index (κ1) is 30.6. The number of carboxylic acids is 2. The molecule has 1 unspecified atom stereocenters. The predicted molar refractivity (Wildman–Crippen MR) is 145 cm³/mol. The van der Waals surface area contributed by atoms with Gasteiger partial charge in [0.15, 0.2) is 11.2 Å². The molecule has 3 aromatic rings. The zero-order valence-electron chi connectivity index (χ0n) is 22.1. The molecule has 14 heteroatoms. The number of anilines is 2. The lowest BCUT2D eigenvalue weighted by Gasteiger charge is -2.14. The van der Waals surface area contributed by atoms with Crippen LogP contribution in [0.15, 0.2) is 35.3 Å². The number of aromatic amines is 1. The lowest BCUT2D eigenvalue weighted by Crippen LogP contribution is -2.41. The second-order valence-electron chi connectivity index (χ2n) is 8.33. The SMILES string of the molecule is CCN(CC)CC.Nc1nc2ncc(CNc3ccc(C(=O)NC(CCC(=O)O)C(=O)O)cc3)nc2c(=O)[nH]1. The number of rotatable bonds is 12. The number of aliphatic carboxylic acids is 2. The molecular formula is C25H34N8O6. The average molecular weight is 543 g/mol. The number of nitrogens with zero attached hydrogens (tertiary/aromatic N) is 4. The zero-order chi connectivity index (χ0) is 28.9. The molecule has 0 bridgehead atoms. The van der Waals surface area contributed by atoms with Gasteiger partial charge in [0.1, 0.15) is 6.04 Å². The normalized spacial score (nSPS) is 11.4. The van der Waals surface area contributed by atoms with Crippen LogP contribution in [-0.4, -0.2) is 78.6 Å². The first-order chi connectivity index (χ1) is 18.6. The molecule has 3 rings (SSSR count). The van der Waals surface area contributed by atoms with E-state index in [0.717, 1.165) is 0 Å². The van der Waals surface area contributed by atoms with Crippen LogP contribution in [0.3, 0.4) is 0 Å². The Balaban J connectivity index is 0.000000673. The molecule has 0 saturated carbocycles. The number of hydrogen-bond acceptors (Lipinski definition) is 10. The van der Waals surface area contributed by atoms with Crippen molar-refractivity contribution >= 4 is 40.6 Å². The minimum atomic E-state index is -1.31. The summed E-state index contributed by atoms with van der Waals surface area (Å²) in [4.78, 5) is 62.9. The summed E-state index contributed by atoms with van der Waals surface area (Å²) in [6.07, 6.45) is 0.840. The highest BCUT2D eigenvalue weighted by Gasteiger charge is 2.21. The van der Waals surface area contributed by atoms with Gasteiger partial charge < -0.3 is 31.5 Å². The first-order valence-electron chi connectivity index (χ1n) is 12.4. The van der Waals surface area contributed by atoms with Crippen LogP contribution in [-0.2, 0) is 16.1 Å². The molecule has 0 aliphatic carbocycles. The molecule has 0 spiro atoms. The Morgan fingerprint density at radius 1 is 1.05 bits per heavy atom. The highest BCUT2D eigenvalue weighted by molar-refractivity contribution is 5.96. The van der Waals surface area contributed by atoms with E-state index in [1.165, 1.54) is 38.0 Å². The summed E-state index contributed by atoms with van der Waals surface area (Å²) >= 11 is 0. The quantitative estimate of drug-likeness (QED) is 0.191. The fraction of sp³-hybridized carbons (Fsp3) is 0.400. The number of carbonyl (C=O) groups excluding carboxylic acids is 1. The highest BCUT2D eigenvalue weighted by atomic mass is 16.4. The summed E-state index contributed by atoms with van der Waals surface area (Å²) < 4.78 is 0. The van der Waals surface area contributed by atoms with Gasteiger partial charge in [0, 0.05) is 17.7 Å². The van der Waals surface area contributed by atoms with Gasteiger partial charge >= 0.3 is 11.9 Å². The van der Waals surface area contributed by atoms with Crippen molar-refractivity contribution in [2.75, 3.05) is 30.7 Å². The van der Waals surface area contributed by atoms with Crippen LogP contribution in [0.25, 0.3) is 11.2 Å². The minimum absolute atomic E-state index is 0.0524. The molecule has 0 radical (unpaired) electrons. The number of fused-ring (bicyclic) bond motifs is 1. The number of benzene rings is 1. The van der Waals surface area contributed by atoms with Gasteiger partial charge in [-0.15, -0.1) is 0 Å². The van der Waals surface area contributed by atoms with Crippen LogP contribution in [0.5, 0.6) is 0 Å². The predicted octanol–water partition coefficient (Wildman–Crippen LogP) is 1.30. The van der Waals surface area contributed by atoms with E-state index in [1.54, 1.807) is 12.1 Å². The zero-order valence-corrected chi connectivity index (χ0v) is 22.1. The maximum Gasteiger partial charge on any atom is 0.326 e. The number of nitrogens with one attached hydrogen (secondary N) is 3. The molecule has 0 fully saturated rings. The number of hydrogen-bond donors (Lipinski definition) is 6. The van der Waals surface area contributed by atoms with Crippen LogP contribution in [0.1, 0.15) is 49.7 Å². The van der Waals surface area contributed by atoms with Crippen LogP contribution in [0.4, 0.5) is 11.6 Å². The maximum atomic E-state index is 12.3. The van der Waals surface area contributed by atoms with Crippen LogP contribution in [0, 0.1) is 0 Å². The Morgan fingerprint density at radius 2 is 1.69 bits per heavy atom. The summed E-state index contributed by atoms with van der Waals surface area (Å²) in [6.45, 7) is 10.4. The van der Waals surface area contributed by atoms with Gasteiger partial charge in [0.25, 0.3) is 11.5 Å². The average Bonchev–Trinajstić information content (AvgIpc) is 2.91. The first-order valence-corrected chi connectivity index (χ1v) is 12.4. The molecule has 2 aromatic heterocycles. The molecule has 7 N–H and O–H groups in total.